The molecule has 1 fully saturated rings. The molecule has 1 saturated carbocycles. The summed E-state index contributed by atoms with van der Waals surface area (Å²) in [6.45, 7) is 0.536. The molecule has 40 heavy (non-hydrogen) atoms. The molecule has 0 aromatic rings. The zero-order valence-corrected chi connectivity index (χ0v) is 22.5. The van der Waals surface area contributed by atoms with Crippen molar-refractivity contribution in [3.63, 3.8) is 0 Å². The minimum absolute atomic E-state index is 0.0210. The molecule has 0 aromatic heterocycles. The Labute approximate surface area is 225 Å². The van der Waals surface area contributed by atoms with Gasteiger partial charge in [0.1, 0.15) is 6.79 Å². The summed E-state index contributed by atoms with van der Waals surface area (Å²) >= 11 is 0. The van der Waals surface area contributed by atoms with Gasteiger partial charge in [0.2, 0.25) is 0 Å². The van der Waals surface area contributed by atoms with Crippen LogP contribution in [0.3, 0.4) is 0 Å². The maximum atomic E-state index is 13.6. The van der Waals surface area contributed by atoms with Crippen molar-refractivity contribution in [2.24, 2.45) is 23.7 Å². The maximum absolute atomic E-state index is 13.6. The van der Waals surface area contributed by atoms with Crippen LogP contribution in [0.1, 0.15) is 59.8 Å². The van der Waals surface area contributed by atoms with Gasteiger partial charge in [-0.3, -0.25) is 0 Å². The smallest absolute Gasteiger partial charge is 0.377 e. The molecule has 0 aromatic carbocycles. The predicted octanol–water partition coefficient (Wildman–Crippen LogP) is 8.25. The Morgan fingerprint density at radius 3 is 1.52 bits per heavy atom. The lowest BCUT2D eigenvalue weighted by Crippen LogP contribution is -2.62. The molecule has 0 heterocycles. The Kier molecular flexibility index (Phi) is 12.9. The Hall–Kier alpha value is -1.00. The van der Waals surface area contributed by atoms with Crippen molar-refractivity contribution in [2.75, 3.05) is 33.2 Å². The largest absolute Gasteiger partial charge is 0.428 e. The van der Waals surface area contributed by atoms with Gasteiger partial charge in [0.25, 0.3) is 11.2 Å². The van der Waals surface area contributed by atoms with Gasteiger partial charge in [-0.2, -0.15) is 52.7 Å². The predicted molar refractivity (Wildman–Crippen MR) is 118 cm³/mol. The van der Waals surface area contributed by atoms with E-state index >= 15 is 0 Å². The number of hydrogen-bond acceptors (Lipinski definition) is 4. The molecule has 1 aliphatic rings. The van der Waals surface area contributed by atoms with Gasteiger partial charge in [-0.25, -0.2) is 0 Å². The van der Waals surface area contributed by atoms with E-state index in [2.05, 4.69) is 9.47 Å². The van der Waals surface area contributed by atoms with Crippen LogP contribution >= 0.6 is 0 Å². The first-order valence-electron chi connectivity index (χ1n) is 12.8. The van der Waals surface area contributed by atoms with Crippen molar-refractivity contribution in [1.82, 2.24) is 0 Å². The van der Waals surface area contributed by atoms with E-state index in [9.17, 15) is 52.7 Å². The molecule has 0 aliphatic heterocycles. The number of alkyl halides is 12. The van der Waals surface area contributed by atoms with E-state index in [-0.39, 0.29) is 25.2 Å². The number of halogens is 12. The molecule has 0 saturated heterocycles. The normalized spacial score (nSPS) is 22.6. The first kappa shape index (κ1) is 37.0. The third-order valence-corrected chi connectivity index (χ3v) is 7.15. The van der Waals surface area contributed by atoms with E-state index < -0.39 is 93.3 Å². The molecule has 1 rings (SSSR count). The Bertz CT molecular complexity index is 720. The van der Waals surface area contributed by atoms with E-state index in [1.54, 1.807) is 6.92 Å². The fraction of sp³-hybridized carbons (Fsp3) is 1.00. The van der Waals surface area contributed by atoms with Gasteiger partial charge in [-0.15, -0.1) is 0 Å². The molecule has 0 N–H and O–H groups in total. The molecule has 240 valence electrons. The van der Waals surface area contributed by atoms with Crippen molar-refractivity contribution in [3.8, 4) is 0 Å². The fourth-order valence-electron chi connectivity index (χ4n) is 4.67. The van der Waals surface area contributed by atoms with Crippen LogP contribution in [0.15, 0.2) is 0 Å². The van der Waals surface area contributed by atoms with Crippen molar-refractivity contribution in [1.29, 1.82) is 0 Å². The minimum atomic E-state index is -5.85. The fourth-order valence-corrected chi connectivity index (χ4v) is 4.67. The van der Waals surface area contributed by atoms with Crippen molar-refractivity contribution < 1.29 is 71.6 Å². The van der Waals surface area contributed by atoms with Crippen molar-refractivity contribution in [2.45, 2.75) is 95.7 Å². The number of ether oxygens (including phenoxy) is 4. The summed E-state index contributed by atoms with van der Waals surface area (Å²) in [6.07, 6.45) is -24.2. The van der Waals surface area contributed by atoms with Gasteiger partial charge in [0.15, 0.2) is 0 Å². The summed E-state index contributed by atoms with van der Waals surface area (Å²) < 4.78 is 181. The highest BCUT2D eigenvalue weighted by Crippen LogP contribution is 2.50. The van der Waals surface area contributed by atoms with Gasteiger partial charge in [-0.05, 0) is 49.4 Å². The van der Waals surface area contributed by atoms with Crippen molar-refractivity contribution >= 4 is 0 Å². The van der Waals surface area contributed by atoms with Crippen LogP contribution in [0.25, 0.3) is 0 Å². The van der Waals surface area contributed by atoms with E-state index in [0.29, 0.717) is 6.42 Å². The van der Waals surface area contributed by atoms with Crippen LogP contribution in [-0.2, 0) is 18.9 Å². The summed E-state index contributed by atoms with van der Waals surface area (Å²) in [5.41, 5.74) is -9.04. The molecule has 4 atom stereocenters. The molecule has 0 spiro atoms. The molecule has 1 aliphatic carbocycles. The second-order valence-corrected chi connectivity index (χ2v) is 10.5. The lowest BCUT2D eigenvalue weighted by Gasteiger charge is -2.38. The third kappa shape index (κ3) is 8.76. The summed E-state index contributed by atoms with van der Waals surface area (Å²) in [4.78, 5) is 0. The summed E-state index contributed by atoms with van der Waals surface area (Å²) in [5.74, 6) is -2.40. The van der Waals surface area contributed by atoms with Gasteiger partial charge < -0.3 is 18.9 Å². The van der Waals surface area contributed by atoms with E-state index in [1.165, 1.54) is 20.8 Å². The van der Waals surface area contributed by atoms with E-state index in [1.807, 2.05) is 0 Å². The van der Waals surface area contributed by atoms with E-state index in [4.69, 9.17) is 9.47 Å². The third-order valence-electron chi connectivity index (χ3n) is 7.15. The molecule has 4 unspecified atom stereocenters. The Balaban J connectivity index is 2.91. The van der Waals surface area contributed by atoms with Crippen LogP contribution < -0.4 is 0 Å². The molecular formula is C24H36F12O4. The molecule has 0 bridgehead atoms. The number of rotatable bonds is 15. The molecule has 4 nitrogen and oxygen atoms in total. The van der Waals surface area contributed by atoms with Crippen LogP contribution in [0.4, 0.5) is 52.7 Å². The Morgan fingerprint density at radius 1 is 0.675 bits per heavy atom. The van der Waals surface area contributed by atoms with E-state index in [0.717, 1.165) is 0 Å². The second kappa shape index (κ2) is 14.0. The van der Waals surface area contributed by atoms with Gasteiger partial charge in [0.05, 0.1) is 13.2 Å². The molecule has 0 radical (unpaired) electrons. The highest BCUT2D eigenvalue weighted by atomic mass is 19.4. The first-order valence-corrected chi connectivity index (χ1v) is 12.8. The Morgan fingerprint density at radius 2 is 1.12 bits per heavy atom. The molecular weight excluding hydrogens is 580 g/mol. The van der Waals surface area contributed by atoms with Gasteiger partial charge >= 0.3 is 24.7 Å². The quantitative estimate of drug-likeness (QED) is 0.106. The lowest BCUT2D eigenvalue weighted by molar-refractivity contribution is -0.397. The summed E-state index contributed by atoms with van der Waals surface area (Å²) in [5, 5.41) is 0. The van der Waals surface area contributed by atoms with Crippen molar-refractivity contribution in [3.05, 3.63) is 0 Å². The van der Waals surface area contributed by atoms with Crippen LogP contribution in [0, 0.1) is 23.7 Å². The average molecular weight is 617 g/mol. The number of hydrogen-bond donors (Lipinski definition) is 0. The summed E-state index contributed by atoms with van der Waals surface area (Å²) in [7, 11) is 0. The first-order chi connectivity index (χ1) is 18.1. The topological polar surface area (TPSA) is 36.9 Å². The minimum Gasteiger partial charge on any atom is -0.377 e. The lowest BCUT2D eigenvalue weighted by atomic mass is 9.88. The van der Waals surface area contributed by atoms with Gasteiger partial charge in [0, 0.05) is 13.2 Å². The monoisotopic (exact) mass is 616 g/mol. The standard InChI is InChI=1S/C24H36F12O4/c1-5-7-39-20(23(31,32)33,24(34,35)36)13-37-11-17-8-16(4)9-18(17)12-38-14-40-19(21(25,26)27,22(28,29)30)10-15(3)6-2/h15-18H,5-14H2,1-4H3. The van der Waals surface area contributed by atoms with Crippen LogP contribution in [0.2, 0.25) is 0 Å². The highest BCUT2D eigenvalue weighted by molar-refractivity contribution is 4.98. The SMILES string of the molecule is CCCOC(COCC1CC(C)CC1COCOC(CC(C)CC)(C(F)(F)F)C(F)(F)F)(C(F)(F)F)C(F)(F)F. The zero-order valence-electron chi connectivity index (χ0n) is 22.5. The summed E-state index contributed by atoms with van der Waals surface area (Å²) in [6, 6.07) is 0. The molecule has 0 amide bonds. The van der Waals surface area contributed by atoms with Gasteiger partial charge in [-0.1, -0.05) is 34.1 Å². The van der Waals surface area contributed by atoms with Crippen LogP contribution in [0.5, 0.6) is 0 Å². The second-order valence-electron chi connectivity index (χ2n) is 10.5. The molecule has 16 heteroatoms. The average Bonchev–Trinajstić information content (AvgIpc) is 3.13. The van der Waals surface area contributed by atoms with Crippen LogP contribution in [-0.4, -0.2) is 69.1 Å². The highest BCUT2D eigenvalue weighted by Gasteiger charge is 2.73. The maximum Gasteiger partial charge on any atom is 0.428 e. The zero-order chi connectivity index (χ0) is 31.2.